The molecule has 29 heavy (non-hydrogen) atoms. The Bertz CT molecular complexity index is 1020. The molecule has 0 aliphatic carbocycles. The lowest BCUT2D eigenvalue weighted by atomic mass is 10.2. The summed E-state index contributed by atoms with van der Waals surface area (Å²) in [6.45, 7) is 1.28. The fourth-order valence-electron chi connectivity index (χ4n) is 2.68. The predicted molar refractivity (Wildman–Crippen MR) is 112 cm³/mol. The van der Waals surface area contributed by atoms with Crippen LogP contribution in [-0.2, 0) is 4.74 Å². The number of anilines is 2. The molecular formula is C22H21N5O2. The van der Waals surface area contributed by atoms with Crippen LogP contribution in [0.15, 0.2) is 60.7 Å². The molecule has 2 aromatic carbocycles. The highest BCUT2D eigenvalue weighted by molar-refractivity contribution is 6.04. The van der Waals surface area contributed by atoms with Gasteiger partial charge in [-0.15, -0.1) is 0 Å². The quantitative estimate of drug-likeness (QED) is 0.572. The molecule has 146 valence electrons. The van der Waals surface area contributed by atoms with Gasteiger partial charge in [-0.25, -0.2) is 9.97 Å². The van der Waals surface area contributed by atoms with Crippen molar-refractivity contribution in [3.05, 3.63) is 71.9 Å². The van der Waals surface area contributed by atoms with Crippen LogP contribution in [0.3, 0.4) is 0 Å². The molecule has 0 saturated carbocycles. The van der Waals surface area contributed by atoms with E-state index >= 15 is 0 Å². The number of nitrogens with zero attached hydrogens (tertiary/aromatic N) is 3. The lowest BCUT2D eigenvalue weighted by Gasteiger charge is -2.11. The minimum atomic E-state index is -0.410. The normalized spacial score (nSPS) is 10.2. The molecular weight excluding hydrogens is 366 g/mol. The van der Waals surface area contributed by atoms with Gasteiger partial charge in [0, 0.05) is 31.9 Å². The third-order valence-corrected chi connectivity index (χ3v) is 4.12. The lowest BCUT2D eigenvalue weighted by molar-refractivity contribution is 0.102. The van der Waals surface area contributed by atoms with Crippen LogP contribution in [0.2, 0.25) is 0 Å². The second-order valence-corrected chi connectivity index (χ2v) is 6.21. The van der Waals surface area contributed by atoms with Crippen molar-refractivity contribution in [2.45, 2.75) is 6.42 Å². The maximum atomic E-state index is 12.8. The largest absolute Gasteiger partial charge is 0.385 e. The Hall–Kier alpha value is -3.76. The zero-order chi connectivity index (χ0) is 20.5. The SMILES string of the molecule is COCCCNc1cc(C(=O)Nc2ccccc2C#N)nc(-c2ccccc2)n1. The molecule has 0 unspecified atom stereocenters. The van der Waals surface area contributed by atoms with E-state index in [0.29, 0.717) is 36.0 Å². The number of hydrogen-bond acceptors (Lipinski definition) is 6. The standard InChI is InChI=1S/C22H21N5O2/c1-29-13-7-12-24-20-14-19(25-21(27-20)16-8-3-2-4-9-16)22(28)26-18-11-6-5-10-17(18)15-23/h2-6,8-11,14H,7,12-13H2,1H3,(H,26,28)(H,24,25,27). The number of methoxy groups -OCH3 is 1. The highest BCUT2D eigenvalue weighted by Crippen LogP contribution is 2.20. The first-order valence-electron chi connectivity index (χ1n) is 9.19. The average molecular weight is 387 g/mol. The summed E-state index contributed by atoms with van der Waals surface area (Å²) >= 11 is 0. The minimum Gasteiger partial charge on any atom is -0.385 e. The zero-order valence-corrected chi connectivity index (χ0v) is 16.1. The van der Waals surface area contributed by atoms with Gasteiger partial charge in [0.15, 0.2) is 5.82 Å². The molecule has 0 aliphatic rings. The topological polar surface area (TPSA) is 99.9 Å². The molecule has 0 fully saturated rings. The van der Waals surface area contributed by atoms with E-state index in [1.54, 1.807) is 37.4 Å². The molecule has 1 heterocycles. The second-order valence-electron chi connectivity index (χ2n) is 6.21. The number of nitriles is 1. The third kappa shape index (κ3) is 5.37. The van der Waals surface area contributed by atoms with Crippen LogP contribution in [0, 0.1) is 11.3 Å². The van der Waals surface area contributed by atoms with E-state index in [-0.39, 0.29) is 5.69 Å². The maximum absolute atomic E-state index is 12.8. The number of aromatic nitrogens is 2. The van der Waals surface area contributed by atoms with Crippen molar-refractivity contribution in [1.82, 2.24) is 9.97 Å². The van der Waals surface area contributed by atoms with E-state index in [2.05, 4.69) is 26.7 Å². The minimum absolute atomic E-state index is 0.209. The summed E-state index contributed by atoms with van der Waals surface area (Å²) < 4.78 is 5.06. The smallest absolute Gasteiger partial charge is 0.274 e. The van der Waals surface area contributed by atoms with Gasteiger partial charge in [0.2, 0.25) is 0 Å². The van der Waals surface area contributed by atoms with E-state index in [1.807, 2.05) is 30.3 Å². The molecule has 0 aliphatic heterocycles. The number of nitrogens with one attached hydrogen (secondary N) is 2. The number of ether oxygens (including phenoxy) is 1. The molecule has 3 aromatic rings. The fourth-order valence-corrected chi connectivity index (χ4v) is 2.68. The fraction of sp³-hybridized carbons (Fsp3) is 0.182. The number of carbonyl (C=O) groups is 1. The number of amides is 1. The Morgan fingerprint density at radius 3 is 2.62 bits per heavy atom. The first-order chi connectivity index (χ1) is 14.2. The number of hydrogen-bond donors (Lipinski definition) is 2. The van der Waals surface area contributed by atoms with Crippen molar-refractivity contribution >= 4 is 17.4 Å². The van der Waals surface area contributed by atoms with Crippen molar-refractivity contribution < 1.29 is 9.53 Å². The third-order valence-electron chi connectivity index (χ3n) is 4.12. The Balaban J connectivity index is 1.89. The van der Waals surface area contributed by atoms with Crippen molar-refractivity contribution in [1.29, 1.82) is 5.26 Å². The molecule has 1 amide bonds. The van der Waals surface area contributed by atoms with E-state index in [9.17, 15) is 10.1 Å². The van der Waals surface area contributed by atoms with Crippen molar-refractivity contribution in [2.75, 3.05) is 30.9 Å². The summed E-state index contributed by atoms with van der Waals surface area (Å²) in [7, 11) is 1.65. The molecule has 1 aromatic heterocycles. The Morgan fingerprint density at radius 1 is 1.10 bits per heavy atom. The molecule has 0 bridgehead atoms. The first-order valence-corrected chi connectivity index (χ1v) is 9.19. The number of para-hydroxylation sites is 1. The van der Waals surface area contributed by atoms with E-state index in [0.717, 1.165) is 12.0 Å². The molecule has 7 heteroatoms. The van der Waals surface area contributed by atoms with Crippen molar-refractivity contribution in [3.63, 3.8) is 0 Å². The Morgan fingerprint density at radius 2 is 1.86 bits per heavy atom. The van der Waals surface area contributed by atoms with Gasteiger partial charge < -0.3 is 15.4 Å². The predicted octanol–water partition coefficient (Wildman–Crippen LogP) is 3.72. The molecule has 2 N–H and O–H groups in total. The molecule has 0 radical (unpaired) electrons. The summed E-state index contributed by atoms with van der Waals surface area (Å²) in [5.74, 6) is 0.585. The average Bonchev–Trinajstić information content (AvgIpc) is 2.77. The van der Waals surface area contributed by atoms with Crippen LogP contribution in [0.1, 0.15) is 22.5 Å². The van der Waals surface area contributed by atoms with Gasteiger partial charge in [0.1, 0.15) is 17.6 Å². The number of rotatable bonds is 8. The van der Waals surface area contributed by atoms with Gasteiger partial charge in [-0.2, -0.15) is 5.26 Å². The van der Waals surface area contributed by atoms with Crippen molar-refractivity contribution in [3.8, 4) is 17.5 Å². The van der Waals surface area contributed by atoms with E-state index in [4.69, 9.17) is 4.74 Å². The van der Waals surface area contributed by atoms with Gasteiger partial charge in [0.25, 0.3) is 5.91 Å². The van der Waals surface area contributed by atoms with Crippen LogP contribution >= 0.6 is 0 Å². The summed E-state index contributed by atoms with van der Waals surface area (Å²) in [6.07, 6.45) is 0.804. The Labute approximate surface area is 169 Å². The van der Waals surface area contributed by atoms with Crippen LogP contribution < -0.4 is 10.6 Å². The molecule has 0 spiro atoms. The van der Waals surface area contributed by atoms with Gasteiger partial charge in [0.05, 0.1) is 11.3 Å². The maximum Gasteiger partial charge on any atom is 0.274 e. The monoisotopic (exact) mass is 387 g/mol. The molecule has 7 nitrogen and oxygen atoms in total. The van der Waals surface area contributed by atoms with Gasteiger partial charge >= 0.3 is 0 Å². The summed E-state index contributed by atoms with van der Waals surface area (Å²) in [5.41, 5.74) is 1.84. The van der Waals surface area contributed by atoms with Crippen LogP contribution in [-0.4, -0.2) is 36.1 Å². The van der Waals surface area contributed by atoms with Crippen LogP contribution in [0.25, 0.3) is 11.4 Å². The van der Waals surface area contributed by atoms with Gasteiger partial charge in [-0.1, -0.05) is 42.5 Å². The second kappa shape index (κ2) is 9.97. The van der Waals surface area contributed by atoms with Crippen LogP contribution in [0.4, 0.5) is 11.5 Å². The van der Waals surface area contributed by atoms with Gasteiger partial charge in [-0.3, -0.25) is 4.79 Å². The first kappa shape index (κ1) is 20.0. The molecule has 0 saturated heterocycles. The number of carbonyl (C=O) groups excluding carboxylic acids is 1. The van der Waals surface area contributed by atoms with Gasteiger partial charge in [-0.05, 0) is 18.6 Å². The summed E-state index contributed by atoms with van der Waals surface area (Å²) in [5, 5.41) is 15.2. The highest BCUT2D eigenvalue weighted by atomic mass is 16.5. The number of benzene rings is 2. The van der Waals surface area contributed by atoms with Crippen LogP contribution in [0.5, 0.6) is 0 Å². The Kier molecular flexibility index (Phi) is 6.87. The zero-order valence-electron chi connectivity index (χ0n) is 16.1. The summed E-state index contributed by atoms with van der Waals surface area (Å²) in [4.78, 5) is 21.8. The highest BCUT2D eigenvalue weighted by Gasteiger charge is 2.14. The van der Waals surface area contributed by atoms with E-state index < -0.39 is 5.91 Å². The van der Waals surface area contributed by atoms with Crippen molar-refractivity contribution in [2.24, 2.45) is 0 Å². The summed E-state index contributed by atoms with van der Waals surface area (Å²) in [6, 6.07) is 20.0. The molecule has 3 rings (SSSR count). The van der Waals surface area contributed by atoms with E-state index in [1.165, 1.54) is 0 Å². The lowest BCUT2D eigenvalue weighted by Crippen LogP contribution is -2.16. The molecule has 0 atom stereocenters.